The lowest BCUT2D eigenvalue weighted by molar-refractivity contribution is -0.126. The minimum absolute atomic E-state index is 0.00139. The lowest BCUT2D eigenvalue weighted by Gasteiger charge is -2.29. The summed E-state index contributed by atoms with van der Waals surface area (Å²) in [4.78, 5) is 23.9. The van der Waals surface area contributed by atoms with Crippen LogP contribution in [0.4, 0.5) is 10.5 Å². The number of rotatable bonds is 2. The smallest absolute Gasteiger partial charge is 0.414 e. The molecule has 0 aromatic heterocycles. The van der Waals surface area contributed by atoms with E-state index in [0.29, 0.717) is 10.6 Å². The van der Waals surface area contributed by atoms with Crippen molar-refractivity contribution in [3.8, 4) is 0 Å². The highest BCUT2D eigenvalue weighted by molar-refractivity contribution is 7.81. The number of amides is 2. The summed E-state index contributed by atoms with van der Waals surface area (Å²) in [6.07, 6.45) is -1.36. The van der Waals surface area contributed by atoms with Gasteiger partial charge in [-0.25, -0.2) is 9.69 Å². The predicted octanol–water partition coefficient (Wildman–Crippen LogP) is 2.39. The van der Waals surface area contributed by atoms with Crippen LogP contribution < -0.4 is 5.32 Å². The molecule has 0 bridgehead atoms. The quantitative estimate of drug-likeness (QED) is 0.727. The predicted molar refractivity (Wildman–Crippen MR) is 81.2 cm³/mol. The zero-order valence-corrected chi connectivity index (χ0v) is 12.1. The summed E-state index contributed by atoms with van der Waals surface area (Å²) in [6, 6.07) is 8.89. The molecule has 0 radical (unpaired) electrons. The molecule has 6 nitrogen and oxygen atoms in total. The first-order valence-corrected chi connectivity index (χ1v) is 6.67. The summed E-state index contributed by atoms with van der Waals surface area (Å²) in [6.45, 7) is 1.54. The van der Waals surface area contributed by atoms with Crippen LogP contribution >= 0.6 is 12.2 Å². The van der Waals surface area contributed by atoms with Crippen molar-refractivity contribution in [2.45, 2.75) is 6.92 Å². The summed E-state index contributed by atoms with van der Waals surface area (Å²) < 4.78 is 0. The number of carbonyl (C=O) groups excluding carboxylic acids is 1. The van der Waals surface area contributed by atoms with Crippen molar-refractivity contribution in [2.75, 3.05) is 11.9 Å². The summed E-state index contributed by atoms with van der Waals surface area (Å²) in [5, 5.41) is 21.9. The van der Waals surface area contributed by atoms with E-state index < -0.39 is 17.9 Å². The highest BCUT2D eigenvalue weighted by atomic mass is 32.1. The van der Waals surface area contributed by atoms with Gasteiger partial charge in [-0.1, -0.05) is 37.3 Å². The van der Waals surface area contributed by atoms with E-state index in [1.807, 2.05) is 6.07 Å². The van der Waals surface area contributed by atoms with Gasteiger partial charge in [0.1, 0.15) is 16.3 Å². The third-order valence-corrected chi connectivity index (χ3v) is 3.43. The number of thiocarbonyl (C=S) groups is 1. The summed E-state index contributed by atoms with van der Waals surface area (Å²) in [5.74, 6) is -1.50. The van der Waals surface area contributed by atoms with E-state index in [0.717, 1.165) is 0 Å². The van der Waals surface area contributed by atoms with Crippen LogP contribution in [0.1, 0.15) is 6.92 Å². The van der Waals surface area contributed by atoms with E-state index in [1.54, 1.807) is 31.2 Å². The molecule has 3 N–H and O–H groups in total. The normalized spacial score (nSPS) is 18.6. The molecular formula is C14H14N2O4S. The van der Waals surface area contributed by atoms with Crippen molar-refractivity contribution in [3.63, 3.8) is 0 Å². The number of anilines is 1. The average molecular weight is 306 g/mol. The molecule has 1 aliphatic rings. The Kier molecular flexibility index (Phi) is 4.23. The maximum Gasteiger partial charge on any atom is 0.414 e. The van der Waals surface area contributed by atoms with Crippen molar-refractivity contribution in [2.24, 2.45) is 5.92 Å². The standard InChI is InChI=1S/C14H14N2O4S/c1-8-7-16(14(19)20)13(18)10(11(8)17)12(21)15-9-5-3-2-4-6-9/h2-6,8,17H,7H2,1H3,(H,15,21)(H,19,20). The number of imide groups is 1. The van der Waals surface area contributed by atoms with Crippen LogP contribution in [0.2, 0.25) is 0 Å². The monoisotopic (exact) mass is 306 g/mol. The molecule has 7 heteroatoms. The van der Waals surface area contributed by atoms with Crippen LogP contribution in [0.5, 0.6) is 0 Å². The summed E-state index contributed by atoms with van der Waals surface area (Å²) in [7, 11) is 0. The van der Waals surface area contributed by atoms with Gasteiger partial charge in [-0.2, -0.15) is 0 Å². The number of nitrogens with zero attached hydrogens (tertiary/aromatic N) is 1. The molecule has 1 aromatic rings. The van der Waals surface area contributed by atoms with Gasteiger partial charge in [0.05, 0.1) is 0 Å². The van der Waals surface area contributed by atoms with E-state index in [9.17, 15) is 14.7 Å². The summed E-state index contributed by atoms with van der Waals surface area (Å²) >= 11 is 5.13. The molecule has 0 fully saturated rings. The first-order chi connectivity index (χ1) is 9.91. The number of carboxylic acid groups (broad SMARTS) is 1. The van der Waals surface area contributed by atoms with Crippen molar-refractivity contribution >= 4 is 34.9 Å². The molecule has 2 rings (SSSR count). The molecule has 1 aliphatic heterocycles. The van der Waals surface area contributed by atoms with Gasteiger partial charge in [-0.3, -0.25) is 4.79 Å². The van der Waals surface area contributed by atoms with Crippen molar-refractivity contribution in [1.29, 1.82) is 0 Å². The molecule has 1 atom stereocenters. The Morgan fingerprint density at radius 2 is 2.00 bits per heavy atom. The first-order valence-electron chi connectivity index (χ1n) is 6.26. The van der Waals surface area contributed by atoms with Crippen LogP contribution in [0.15, 0.2) is 41.7 Å². The Morgan fingerprint density at radius 3 is 2.57 bits per heavy atom. The number of hydrogen-bond donors (Lipinski definition) is 3. The Labute approximate surface area is 126 Å². The van der Waals surface area contributed by atoms with Gasteiger partial charge in [-0.05, 0) is 12.1 Å². The molecule has 0 aliphatic carbocycles. The number of carbonyl (C=O) groups is 2. The molecule has 21 heavy (non-hydrogen) atoms. The Bertz CT molecular complexity index is 627. The molecule has 0 saturated heterocycles. The van der Waals surface area contributed by atoms with Gasteiger partial charge in [0, 0.05) is 18.2 Å². The van der Waals surface area contributed by atoms with Crippen LogP contribution in [0, 0.1) is 5.92 Å². The minimum atomic E-state index is -1.36. The Morgan fingerprint density at radius 1 is 1.38 bits per heavy atom. The van der Waals surface area contributed by atoms with Crippen molar-refractivity contribution < 1.29 is 19.8 Å². The van der Waals surface area contributed by atoms with E-state index in [-0.39, 0.29) is 22.9 Å². The van der Waals surface area contributed by atoms with E-state index >= 15 is 0 Å². The second-order valence-electron chi connectivity index (χ2n) is 4.68. The van der Waals surface area contributed by atoms with E-state index in [4.69, 9.17) is 17.3 Å². The molecule has 1 heterocycles. The fourth-order valence-corrected chi connectivity index (χ4v) is 2.34. The minimum Gasteiger partial charge on any atom is -0.511 e. The SMILES string of the molecule is CC1CN(C(=O)O)C(=O)C(C(=S)Nc2ccccc2)=C1O. The lowest BCUT2D eigenvalue weighted by atomic mass is 9.98. The van der Waals surface area contributed by atoms with Crippen LogP contribution in [-0.4, -0.2) is 38.6 Å². The molecule has 0 spiro atoms. The molecule has 110 valence electrons. The third-order valence-electron chi connectivity index (χ3n) is 3.13. The fourth-order valence-electron chi connectivity index (χ4n) is 2.03. The van der Waals surface area contributed by atoms with Crippen molar-refractivity contribution in [1.82, 2.24) is 4.90 Å². The highest BCUT2D eigenvalue weighted by Gasteiger charge is 2.37. The molecule has 1 aromatic carbocycles. The van der Waals surface area contributed by atoms with Crippen molar-refractivity contribution in [3.05, 3.63) is 41.7 Å². The van der Waals surface area contributed by atoms with Gasteiger partial charge < -0.3 is 15.5 Å². The number of aliphatic hydroxyl groups is 1. The highest BCUT2D eigenvalue weighted by Crippen LogP contribution is 2.24. The maximum atomic E-state index is 12.2. The van der Waals surface area contributed by atoms with Crippen LogP contribution in [0.25, 0.3) is 0 Å². The average Bonchev–Trinajstić information content (AvgIpc) is 2.43. The largest absolute Gasteiger partial charge is 0.511 e. The number of aliphatic hydroxyl groups excluding tert-OH is 1. The summed E-state index contributed by atoms with van der Waals surface area (Å²) in [5.41, 5.74) is 0.478. The Balaban J connectivity index is 2.31. The van der Waals surface area contributed by atoms with Gasteiger partial charge in [0.2, 0.25) is 0 Å². The molecule has 1 unspecified atom stereocenters. The van der Waals surface area contributed by atoms with Crippen LogP contribution in [-0.2, 0) is 4.79 Å². The third kappa shape index (κ3) is 3.03. The molecule has 2 amide bonds. The van der Waals surface area contributed by atoms with Gasteiger partial charge >= 0.3 is 6.09 Å². The number of hydrogen-bond acceptors (Lipinski definition) is 4. The topological polar surface area (TPSA) is 89.9 Å². The van der Waals surface area contributed by atoms with Gasteiger partial charge in [-0.15, -0.1) is 0 Å². The zero-order chi connectivity index (χ0) is 15.6. The fraction of sp³-hybridized carbons (Fsp3) is 0.214. The first kappa shape index (κ1) is 15.0. The lowest BCUT2D eigenvalue weighted by Crippen LogP contribution is -2.46. The second-order valence-corrected chi connectivity index (χ2v) is 5.09. The second kappa shape index (κ2) is 5.92. The number of nitrogens with one attached hydrogen (secondary N) is 1. The Hall–Kier alpha value is -2.41. The van der Waals surface area contributed by atoms with Gasteiger partial charge in [0.25, 0.3) is 5.91 Å². The molecular weight excluding hydrogens is 292 g/mol. The maximum absolute atomic E-state index is 12.2. The van der Waals surface area contributed by atoms with E-state index in [1.165, 1.54) is 0 Å². The van der Waals surface area contributed by atoms with Gasteiger partial charge in [0.15, 0.2) is 0 Å². The van der Waals surface area contributed by atoms with E-state index in [2.05, 4.69) is 5.32 Å². The van der Waals surface area contributed by atoms with Crippen LogP contribution in [0.3, 0.4) is 0 Å². The number of para-hydroxylation sites is 1. The molecule has 0 saturated carbocycles. The number of benzene rings is 1. The zero-order valence-electron chi connectivity index (χ0n) is 11.2.